The average molecular weight is 393 g/mol. The number of rotatable bonds is 4. The number of nitrogens with zero attached hydrogens (tertiary/aromatic N) is 6. The summed E-state index contributed by atoms with van der Waals surface area (Å²) in [5, 5.41) is 18.4. The fraction of sp³-hybridized carbons (Fsp3) is 0.438. The fourth-order valence-electron chi connectivity index (χ4n) is 3.26. The Balaban J connectivity index is 1.33. The average Bonchev–Trinajstić information content (AvgIpc) is 3.04. The third kappa shape index (κ3) is 3.89. The highest BCUT2D eigenvalue weighted by Gasteiger charge is 2.34. The minimum absolute atomic E-state index is 0.0537. The van der Waals surface area contributed by atoms with Crippen LogP contribution in [0.1, 0.15) is 31.5 Å². The van der Waals surface area contributed by atoms with Crippen molar-refractivity contribution in [3.05, 3.63) is 30.2 Å². The zero-order valence-corrected chi connectivity index (χ0v) is 14.7. The molecular weight excluding hydrogens is 375 g/mol. The molecule has 0 aliphatic heterocycles. The quantitative estimate of drug-likeness (QED) is 0.618. The van der Waals surface area contributed by atoms with Gasteiger partial charge in [-0.3, -0.25) is 0 Å². The normalized spacial score (nSPS) is 20.2. The topological polar surface area (TPSA) is 119 Å². The minimum Gasteiger partial charge on any atom is -0.367 e. The predicted octanol–water partition coefficient (Wildman–Crippen LogP) is 2.35. The number of aromatic nitrogens is 6. The van der Waals surface area contributed by atoms with Crippen LogP contribution in [0.4, 0.5) is 30.8 Å². The summed E-state index contributed by atoms with van der Waals surface area (Å²) in [4.78, 5) is 6.83. The van der Waals surface area contributed by atoms with Gasteiger partial charge in [0.1, 0.15) is 11.6 Å². The third-order valence-corrected chi connectivity index (χ3v) is 4.63. The van der Waals surface area contributed by atoms with E-state index in [9.17, 15) is 13.2 Å². The van der Waals surface area contributed by atoms with Gasteiger partial charge < -0.3 is 16.4 Å². The van der Waals surface area contributed by atoms with Crippen LogP contribution in [-0.4, -0.2) is 41.9 Å². The number of nitrogens with one attached hydrogen (secondary N) is 2. The molecule has 1 aliphatic carbocycles. The first-order valence-corrected chi connectivity index (χ1v) is 8.80. The van der Waals surface area contributed by atoms with Gasteiger partial charge in [0, 0.05) is 18.3 Å². The van der Waals surface area contributed by atoms with E-state index in [2.05, 4.69) is 35.9 Å². The molecule has 4 rings (SSSR count). The second-order valence-corrected chi connectivity index (χ2v) is 6.65. The molecule has 0 radical (unpaired) electrons. The molecule has 3 aromatic rings. The lowest BCUT2D eigenvalue weighted by Crippen LogP contribution is -2.33. The van der Waals surface area contributed by atoms with Gasteiger partial charge in [-0.05, 0) is 43.9 Å². The number of hydrogen-bond acceptors (Lipinski definition) is 8. The van der Waals surface area contributed by atoms with Crippen LogP contribution in [0.5, 0.6) is 0 Å². The van der Waals surface area contributed by atoms with Gasteiger partial charge >= 0.3 is 6.18 Å². The molecule has 3 heterocycles. The molecule has 1 fully saturated rings. The van der Waals surface area contributed by atoms with Crippen molar-refractivity contribution >= 4 is 23.2 Å². The van der Waals surface area contributed by atoms with E-state index in [4.69, 9.17) is 5.73 Å². The summed E-state index contributed by atoms with van der Waals surface area (Å²) in [6, 6.07) is 5.30. The molecule has 0 aromatic carbocycles. The molecule has 0 saturated heterocycles. The van der Waals surface area contributed by atoms with Crippen LogP contribution in [-0.2, 0) is 6.18 Å². The van der Waals surface area contributed by atoms with Crippen molar-refractivity contribution in [2.24, 2.45) is 0 Å². The van der Waals surface area contributed by atoms with E-state index in [0.717, 1.165) is 31.9 Å². The molecule has 1 saturated carbocycles. The van der Waals surface area contributed by atoms with Crippen molar-refractivity contribution in [3.8, 4) is 0 Å². The molecule has 0 amide bonds. The third-order valence-electron chi connectivity index (χ3n) is 4.63. The van der Waals surface area contributed by atoms with Gasteiger partial charge in [0.2, 0.25) is 11.8 Å². The van der Waals surface area contributed by atoms with Crippen LogP contribution in [0.2, 0.25) is 0 Å². The summed E-state index contributed by atoms with van der Waals surface area (Å²) in [6.07, 6.45) is -0.177. The van der Waals surface area contributed by atoms with Crippen LogP contribution in [0.15, 0.2) is 24.4 Å². The van der Waals surface area contributed by atoms with Crippen molar-refractivity contribution in [1.82, 2.24) is 29.8 Å². The monoisotopic (exact) mass is 393 g/mol. The number of fused-ring (bicyclic) bond motifs is 1. The highest BCUT2D eigenvalue weighted by Crippen LogP contribution is 2.28. The van der Waals surface area contributed by atoms with Gasteiger partial charge in [-0.2, -0.15) is 17.7 Å². The fourth-order valence-corrected chi connectivity index (χ4v) is 3.26. The second-order valence-electron chi connectivity index (χ2n) is 6.65. The molecule has 28 heavy (non-hydrogen) atoms. The molecular formula is C16H18F3N9. The van der Waals surface area contributed by atoms with E-state index in [1.807, 2.05) is 6.07 Å². The Kier molecular flexibility index (Phi) is 4.61. The first-order valence-electron chi connectivity index (χ1n) is 8.80. The van der Waals surface area contributed by atoms with E-state index < -0.39 is 12.0 Å². The van der Waals surface area contributed by atoms with E-state index in [0.29, 0.717) is 11.5 Å². The van der Waals surface area contributed by atoms with Gasteiger partial charge in [-0.25, -0.2) is 9.97 Å². The summed E-state index contributed by atoms with van der Waals surface area (Å²) in [5.41, 5.74) is 6.29. The molecule has 1 aliphatic rings. The highest BCUT2D eigenvalue weighted by atomic mass is 19.4. The molecule has 0 atom stereocenters. The molecule has 0 unspecified atom stereocenters. The highest BCUT2D eigenvalue weighted by molar-refractivity contribution is 5.47. The van der Waals surface area contributed by atoms with Crippen molar-refractivity contribution in [1.29, 1.82) is 0 Å². The molecule has 3 aromatic heterocycles. The molecule has 148 valence electrons. The lowest BCUT2D eigenvalue weighted by atomic mass is 9.91. The van der Waals surface area contributed by atoms with E-state index in [1.165, 1.54) is 10.6 Å². The Morgan fingerprint density at radius 1 is 0.964 bits per heavy atom. The standard InChI is InChI=1S/C16H18F3N9/c17-16(18,19)14-21-8-7-11(24-14)22-9-1-3-10(4-2-9)23-12-5-6-13-25-26-15(20)28(13)27-12/h5-10H,1-4H2,(H2,20,26)(H,23,27)(H,21,22,24). The lowest BCUT2D eigenvalue weighted by molar-refractivity contribution is -0.144. The molecule has 0 spiro atoms. The number of anilines is 3. The van der Waals surface area contributed by atoms with Gasteiger partial charge in [-0.1, -0.05) is 0 Å². The zero-order valence-electron chi connectivity index (χ0n) is 14.7. The zero-order chi connectivity index (χ0) is 19.7. The predicted molar refractivity (Wildman–Crippen MR) is 95.5 cm³/mol. The van der Waals surface area contributed by atoms with Gasteiger partial charge in [0.05, 0.1) is 0 Å². The molecule has 9 nitrogen and oxygen atoms in total. The van der Waals surface area contributed by atoms with E-state index in [1.54, 1.807) is 6.07 Å². The summed E-state index contributed by atoms with van der Waals surface area (Å²) >= 11 is 0. The van der Waals surface area contributed by atoms with Gasteiger partial charge in [-0.15, -0.1) is 15.3 Å². The summed E-state index contributed by atoms with van der Waals surface area (Å²) in [6.45, 7) is 0. The lowest BCUT2D eigenvalue weighted by Gasteiger charge is -2.30. The number of alkyl halides is 3. The van der Waals surface area contributed by atoms with Crippen LogP contribution in [0.25, 0.3) is 5.65 Å². The van der Waals surface area contributed by atoms with E-state index in [-0.39, 0.29) is 23.8 Å². The summed E-state index contributed by atoms with van der Waals surface area (Å²) in [5.74, 6) is -0.0628. The number of nitrogen functional groups attached to an aromatic ring is 1. The maximum absolute atomic E-state index is 12.7. The minimum atomic E-state index is -4.55. The van der Waals surface area contributed by atoms with Crippen LogP contribution in [0, 0.1) is 0 Å². The van der Waals surface area contributed by atoms with Crippen molar-refractivity contribution in [3.63, 3.8) is 0 Å². The Morgan fingerprint density at radius 2 is 1.64 bits per heavy atom. The van der Waals surface area contributed by atoms with Crippen molar-refractivity contribution < 1.29 is 13.2 Å². The maximum atomic E-state index is 12.7. The molecule has 0 bridgehead atoms. The van der Waals surface area contributed by atoms with Crippen molar-refractivity contribution in [2.45, 2.75) is 43.9 Å². The maximum Gasteiger partial charge on any atom is 0.451 e. The first-order chi connectivity index (χ1) is 13.4. The van der Waals surface area contributed by atoms with E-state index >= 15 is 0 Å². The Labute approximate surface area is 157 Å². The number of nitrogens with two attached hydrogens (primary N) is 1. The largest absolute Gasteiger partial charge is 0.451 e. The Hall–Kier alpha value is -3.18. The second kappa shape index (κ2) is 7.09. The first kappa shape index (κ1) is 18.2. The van der Waals surface area contributed by atoms with Gasteiger partial charge in [0.25, 0.3) is 0 Å². The SMILES string of the molecule is Nc1nnc2ccc(NC3CCC(Nc4ccnc(C(F)(F)F)n4)CC3)nn12. The summed E-state index contributed by atoms with van der Waals surface area (Å²) in [7, 11) is 0. The van der Waals surface area contributed by atoms with Crippen LogP contribution < -0.4 is 16.4 Å². The Bertz CT molecular complexity index is 963. The summed E-state index contributed by atoms with van der Waals surface area (Å²) < 4.78 is 39.6. The number of halogens is 3. The van der Waals surface area contributed by atoms with Crippen LogP contribution in [0.3, 0.4) is 0 Å². The van der Waals surface area contributed by atoms with Crippen LogP contribution >= 0.6 is 0 Å². The smallest absolute Gasteiger partial charge is 0.367 e. The number of hydrogen-bond donors (Lipinski definition) is 3. The van der Waals surface area contributed by atoms with Crippen molar-refractivity contribution in [2.75, 3.05) is 16.4 Å². The Morgan fingerprint density at radius 3 is 2.32 bits per heavy atom. The molecule has 4 N–H and O–H groups in total. The van der Waals surface area contributed by atoms with Gasteiger partial charge in [0.15, 0.2) is 5.65 Å². The molecule has 12 heteroatoms.